The number of thiophene rings is 1. The lowest BCUT2D eigenvalue weighted by Gasteiger charge is -2.32. The number of rotatable bonds is 9. The number of nitrogens with zero attached hydrogens (tertiary/aromatic N) is 1. The molecule has 0 saturated heterocycles. The zero-order chi connectivity index (χ0) is 24.6. The van der Waals surface area contributed by atoms with Crippen LogP contribution in [-0.4, -0.2) is 26.7 Å². The molecule has 0 bridgehead atoms. The summed E-state index contributed by atoms with van der Waals surface area (Å²) >= 11 is 1.78. The van der Waals surface area contributed by atoms with Crippen molar-refractivity contribution in [2.24, 2.45) is 0 Å². The molecule has 182 valence electrons. The van der Waals surface area contributed by atoms with E-state index in [1.807, 2.05) is 30.3 Å². The van der Waals surface area contributed by atoms with E-state index in [4.69, 9.17) is 14.2 Å². The number of aryl methyl sites for hydroxylation is 1. The molecule has 0 aliphatic carbocycles. The van der Waals surface area contributed by atoms with Crippen molar-refractivity contribution in [2.45, 2.75) is 45.3 Å². The van der Waals surface area contributed by atoms with Gasteiger partial charge in [0.2, 0.25) is 0 Å². The van der Waals surface area contributed by atoms with Crippen LogP contribution in [0.4, 0.5) is 5.69 Å². The lowest BCUT2D eigenvalue weighted by atomic mass is 9.96. The summed E-state index contributed by atoms with van der Waals surface area (Å²) in [6.45, 7) is 4.19. The van der Waals surface area contributed by atoms with Crippen molar-refractivity contribution in [1.29, 1.82) is 0 Å². The van der Waals surface area contributed by atoms with Gasteiger partial charge in [0.1, 0.15) is 18.1 Å². The molecule has 5 nitrogen and oxygen atoms in total. The number of esters is 1. The minimum Gasteiger partial charge on any atom is -0.495 e. The molecular weight excluding hydrogens is 458 g/mol. The molecule has 0 saturated carbocycles. The van der Waals surface area contributed by atoms with E-state index in [1.165, 1.54) is 28.1 Å². The second kappa shape index (κ2) is 11.8. The van der Waals surface area contributed by atoms with Gasteiger partial charge in [-0.05, 0) is 61.2 Å². The van der Waals surface area contributed by atoms with Crippen molar-refractivity contribution < 1.29 is 19.0 Å². The van der Waals surface area contributed by atoms with Gasteiger partial charge in [-0.15, -0.1) is 17.3 Å². The highest BCUT2D eigenvalue weighted by atomic mass is 32.1. The third-order valence-corrected chi connectivity index (χ3v) is 7.18. The Morgan fingerprint density at radius 2 is 1.89 bits per heavy atom. The summed E-state index contributed by atoms with van der Waals surface area (Å²) in [6.07, 6.45) is 2.49. The second-order valence-electron chi connectivity index (χ2n) is 8.45. The molecule has 6 heteroatoms. The third kappa shape index (κ3) is 6.17. The van der Waals surface area contributed by atoms with Crippen molar-refractivity contribution in [3.63, 3.8) is 0 Å². The van der Waals surface area contributed by atoms with Gasteiger partial charge in [0.15, 0.2) is 0 Å². The van der Waals surface area contributed by atoms with Gasteiger partial charge < -0.3 is 19.1 Å². The lowest BCUT2D eigenvalue weighted by Crippen LogP contribution is -2.28. The Balaban J connectivity index is 1.37. The number of benzene rings is 2. The smallest absolute Gasteiger partial charge is 0.307 e. The zero-order valence-electron chi connectivity index (χ0n) is 20.5. The van der Waals surface area contributed by atoms with E-state index in [0.717, 1.165) is 43.0 Å². The molecule has 2 heterocycles. The molecule has 4 rings (SSSR count). The van der Waals surface area contributed by atoms with E-state index in [0.29, 0.717) is 6.61 Å². The lowest BCUT2D eigenvalue weighted by molar-refractivity contribution is -0.140. The maximum Gasteiger partial charge on any atom is 0.307 e. The highest BCUT2D eigenvalue weighted by Gasteiger charge is 2.21. The van der Waals surface area contributed by atoms with Gasteiger partial charge in [0.05, 0.1) is 38.8 Å². The van der Waals surface area contributed by atoms with Crippen molar-refractivity contribution >= 4 is 23.0 Å². The first-order valence-corrected chi connectivity index (χ1v) is 12.6. The van der Waals surface area contributed by atoms with Crippen LogP contribution in [0.1, 0.15) is 46.6 Å². The maximum absolute atomic E-state index is 11.7. The SMILES string of the molecule is CC#C[C@@H](CC(=O)OC)c1ccc(OCc2ccc(CN3CCCc4cccc(OC)c43)s2)cc1. The maximum atomic E-state index is 11.7. The largest absolute Gasteiger partial charge is 0.495 e. The number of hydrogen-bond acceptors (Lipinski definition) is 6. The minimum atomic E-state index is -0.266. The molecule has 0 N–H and O–H groups in total. The average Bonchev–Trinajstić information content (AvgIpc) is 3.34. The summed E-state index contributed by atoms with van der Waals surface area (Å²) in [5.41, 5.74) is 3.57. The molecule has 1 aliphatic rings. The molecule has 0 radical (unpaired) electrons. The number of para-hydroxylation sites is 1. The monoisotopic (exact) mass is 489 g/mol. The Morgan fingerprint density at radius 3 is 2.63 bits per heavy atom. The summed E-state index contributed by atoms with van der Waals surface area (Å²) in [7, 11) is 3.14. The van der Waals surface area contributed by atoms with Gasteiger partial charge in [-0.1, -0.05) is 30.2 Å². The van der Waals surface area contributed by atoms with Crippen molar-refractivity contribution in [1.82, 2.24) is 0 Å². The quantitative estimate of drug-likeness (QED) is 0.274. The van der Waals surface area contributed by atoms with Gasteiger partial charge in [-0.3, -0.25) is 4.79 Å². The molecule has 1 aliphatic heterocycles. The topological polar surface area (TPSA) is 48.0 Å². The molecule has 2 aromatic carbocycles. The summed E-state index contributed by atoms with van der Waals surface area (Å²) in [4.78, 5) is 16.6. The van der Waals surface area contributed by atoms with Crippen LogP contribution in [0.5, 0.6) is 11.5 Å². The fraction of sp³-hybridized carbons (Fsp3) is 0.345. The molecular formula is C29H31NO4S. The molecule has 0 fully saturated rings. The number of hydrogen-bond donors (Lipinski definition) is 0. The average molecular weight is 490 g/mol. The van der Waals surface area contributed by atoms with Gasteiger partial charge >= 0.3 is 5.97 Å². The van der Waals surface area contributed by atoms with Crippen LogP contribution < -0.4 is 14.4 Å². The van der Waals surface area contributed by atoms with Crippen LogP contribution >= 0.6 is 11.3 Å². The van der Waals surface area contributed by atoms with Gasteiger partial charge in [-0.2, -0.15) is 0 Å². The van der Waals surface area contributed by atoms with Gasteiger partial charge in [0.25, 0.3) is 0 Å². The molecule has 0 unspecified atom stereocenters. The fourth-order valence-electron chi connectivity index (χ4n) is 4.42. The summed E-state index contributed by atoms with van der Waals surface area (Å²) in [6, 6.07) is 18.5. The number of methoxy groups -OCH3 is 2. The zero-order valence-corrected chi connectivity index (χ0v) is 21.3. The number of fused-ring (bicyclic) bond motifs is 1. The number of carbonyl (C=O) groups excluding carboxylic acids is 1. The molecule has 0 amide bonds. The Bertz CT molecular complexity index is 1190. The summed E-state index contributed by atoms with van der Waals surface area (Å²) < 4.78 is 16.5. The van der Waals surface area contributed by atoms with Crippen LogP contribution in [0.3, 0.4) is 0 Å². The number of carbonyl (C=O) groups is 1. The van der Waals surface area contributed by atoms with Gasteiger partial charge in [-0.25, -0.2) is 0 Å². The Morgan fingerprint density at radius 1 is 1.09 bits per heavy atom. The van der Waals surface area contributed by atoms with Crippen LogP contribution in [0.15, 0.2) is 54.6 Å². The van der Waals surface area contributed by atoms with E-state index in [9.17, 15) is 4.79 Å². The first-order chi connectivity index (χ1) is 17.1. The van der Waals surface area contributed by atoms with E-state index >= 15 is 0 Å². The number of ether oxygens (including phenoxy) is 3. The van der Waals surface area contributed by atoms with Crippen molar-refractivity contribution in [3.05, 3.63) is 75.5 Å². The van der Waals surface area contributed by atoms with E-state index in [2.05, 4.69) is 41.0 Å². The van der Waals surface area contributed by atoms with Crippen molar-refractivity contribution in [3.8, 4) is 23.3 Å². The highest BCUT2D eigenvalue weighted by molar-refractivity contribution is 7.11. The summed E-state index contributed by atoms with van der Waals surface area (Å²) in [5, 5.41) is 0. The first kappa shape index (κ1) is 24.7. The van der Waals surface area contributed by atoms with Crippen LogP contribution in [0, 0.1) is 11.8 Å². The van der Waals surface area contributed by atoms with E-state index in [1.54, 1.807) is 25.4 Å². The van der Waals surface area contributed by atoms with Gasteiger partial charge in [0, 0.05) is 16.3 Å². The van der Waals surface area contributed by atoms with E-state index < -0.39 is 0 Å². The predicted octanol–water partition coefficient (Wildman–Crippen LogP) is 5.96. The molecule has 1 aromatic heterocycles. The fourth-order valence-corrected chi connectivity index (χ4v) is 5.37. The molecule has 1 atom stereocenters. The third-order valence-electron chi connectivity index (χ3n) is 6.14. The predicted molar refractivity (Wildman–Crippen MR) is 140 cm³/mol. The van der Waals surface area contributed by atoms with Crippen LogP contribution in [0.25, 0.3) is 0 Å². The molecule has 3 aromatic rings. The van der Waals surface area contributed by atoms with E-state index in [-0.39, 0.29) is 18.3 Å². The minimum absolute atomic E-state index is 0.181. The second-order valence-corrected chi connectivity index (χ2v) is 9.70. The highest BCUT2D eigenvalue weighted by Crippen LogP contribution is 2.37. The Kier molecular flexibility index (Phi) is 8.33. The molecule has 0 spiro atoms. The Hall–Kier alpha value is -3.43. The van der Waals surface area contributed by atoms with Crippen LogP contribution in [-0.2, 0) is 29.1 Å². The normalized spacial score (nSPS) is 13.3. The van der Waals surface area contributed by atoms with Crippen LogP contribution in [0.2, 0.25) is 0 Å². The Labute approximate surface area is 211 Å². The molecule has 35 heavy (non-hydrogen) atoms. The van der Waals surface area contributed by atoms with Crippen molar-refractivity contribution in [2.75, 3.05) is 25.7 Å². The standard InChI is InChI=1S/C29H31NO4S/c1-4-7-23(18-28(31)33-3)21-11-13-24(14-12-21)34-20-26-16-15-25(35-26)19-30-17-6-9-22-8-5-10-27(32-2)29(22)30/h5,8,10-16,23H,6,9,17-20H2,1-3H3/t23-/m0/s1. The summed E-state index contributed by atoms with van der Waals surface area (Å²) in [5.74, 6) is 7.29. The first-order valence-electron chi connectivity index (χ1n) is 11.8. The number of anilines is 1.